The van der Waals surface area contributed by atoms with Crippen LogP contribution in [0.5, 0.6) is 0 Å². The van der Waals surface area contributed by atoms with E-state index in [9.17, 15) is 10.1 Å². The fourth-order valence-electron chi connectivity index (χ4n) is 5.32. The van der Waals surface area contributed by atoms with Gasteiger partial charge in [-0.25, -0.2) is 4.79 Å². The second-order valence-corrected chi connectivity index (χ2v) is 10.1. The maximum absolute atomic E-state index is 12.0. The molecule has 2 heterocycles. The van der Waals surface area contributed by atoms with Gasteiger partial charge in [0.2, 0.25) is 0 Å². The zero-order valence-corrected chi connectivity index (χ0v) is 20.2. The highest BCUT2D eigenvalue weighted by Gasteiger charge is 2.42. The first-order chi connectivity index (χ1) is 16.5. The molecule has 34 heavy (non-hydrogen) atoms. The van der Waals surface area contributed by atoms with Crippen LogP contribution in [0.15, 0.2) is 42.5 Å². The van der Waals surface area contributed by atoms with E-state index in [0.717, 1.165) is 30.8 Å². The minimum absolute atomic E-state index is 0.0196. The first-order valence-electron chi connectivity index (χ1n) is 12.7. The summed E-state index contributed by atoms with van der Waals surface area (Å²) in [4.78, 5) is 16.9. The monoisotopic (exact) mass is 458 g/mol. The maximum Gasteiger partial charge on any atom is 0.411 e. The van der Waals surface area contributed by atoms with Crippen LogP contribution in [-0.4, -0.2) is 31.8 Å². The van der Waals surface area contributed by atoms with Crippen molar-refractivity contribution in [3.8, 4) is 6.07 Å². The molecule has 2 aliphatic heterocycles. The number of fused-ring (bicyclic) bond motifs is 1. The molecule has 1 aliphatic carbocycles. The van der Waals surface area contributed by atoms with Crippen molar-refractivity contribution < 1.29 is 9.53 Å². The van der Waals surface area contributed by atoms with E-state index in [2.05, 4.69) is 39.4 Å². The first kappa shape index (κ1) is 22.6. The lowest BCUT2D eigenvalue weighted by atomic mass is 9.91. The summed E-state index contributed by atoms with van der Waals surface area (Å²) in [6.45, 7) is 6.86. The number of nitriles is 1. The van der Waals surface area contributed by atoms with Gasteiger partial charge in [-0.1, -0.05) is 18.2 Å². The zero-order chi connectivity index (χ0) is 23.7. The highest BCUT2D eigenvalue weighted by atomic mass is 16.6. The highest BCUT2D eigenvalue weighted by molar-refractivity contribution is 5.84. The molecule has 0 aromatic heterocycles. The predicted octanol–water partition coefficient (Wildman–Crippen LogP) is 6.21. The lowest BCUT2D eigenvalue weighted by Crippen LogP contribution is -2.30. The summed E-state index contributed by atoms with van der Waals surface area (Å²) < 4.78 is 5.18. The maximum atomic E-state index is 12.0. The summed E-state index contributed by atoms with van der Waals surface area (Å²) in [7, 11) is 0. The molecule has 1 saturated heterocycles. The van der Waals surface area contributed by atoms with Gasteiger partial charge in [-0.15, -0.1) is 0 Å². The van der Waals surface area contributed by atoms with Crippen LogP contribution in [0.25, 0.3) is 0 Å². The molecule has 3 aliphatic rings. The lowest BCUT2D eigenvalue weighted by molar-refractivity contribution is 0.130. The number of carbonyl (C=O) groups is 1. The number of benzene rings is 2. The summed E-state index contributed by atoms with van der Waals surface area (Å²) in [6.07, 6.45) is 5.72. The average molecular weight is 459 g/mol. The standard InChI is InChI=1S/C28H34N4O2/c1-19(2)34-28(33)30-22-10-8-21(9-11-22)27-25(17-29)24-13-12-23(31-14-4-3-5-15-31)16-26(24)32(27)18-20-6-7-20/h8-13,16,19-20,25,27H,3-7,14-15,18H2,1-2H3,(H,30,33). The van der Waals surface area contributed by atoms with Gasteiger partial charge in [0.25, 0.3) is 0 Å². The highest BCUT2D eigenvalue weighted by Crippen LogP contribution is 2.51. The Labute approximate surface area is 202 Å². The number of amides is 1. The Morgan fingerprint density at radius 1 is 1.12 bits per heavy atom. The van der Waals surface area contributed by atoms with Crippen molar-refractivity contribution in [1.82, 2.24) is 0 Å². The molecule has 2 unspecified atom stereocenters. The van der Waals surface area contributed by atoms with Gasteiger partial charge in [0.15, 0.2) is 0 Å². The summed E-state index contributed by atoms with van der Waals surface area (Å²) in [6, 6.07) is 17.2. The summed E-state index contributed by atoms with van der Waals surface area (Å²) >= 11 is 0. The number of nitrogens with zero attached hydrogens (tertiary/aromatic N) is 3. The molecule has 6 heteroatoms. The second-order valence-electron chi connectivity index (χ2n) is 10.1. The molecule has 1 N–H and O–H groups in total. The van der Waals surface area contributed by atoms with Gasteiger partial charge in [-0.05, 0) is 87.3 Å². The van der Waals surface area contributed by atoms with E-state index in [-0.39, 0.29) is 18.1 Å². The van der Waals surface area contributed by atoms with Gasteiger partial charge in [0.05, 0.1) is 24.1 Å². The Bertz CT molecular complexity index is 1060. The molecular formula is C28H34N4O2. The van der Waals surface area contributed by atoms with Crippen molar-refractivity contribution in [1.29, 1.82) is 5.26 Å². The number of rotatable bonds is 6. The second kappa shape index (κ2) is 9.58. The van der Waals surface area contributed by atoms with Gasteiger partial charge in [0.1, 0.15) is 0 Å². The number of anilines is 3. The molecule has 0 radical (unpaired) electrons. The van der Waals surface area contributed by atoms with Crippen LogP contribution < -0.4 is 15.1 Å². The average Bonchev–Trinajstić information content (AvgIpc) is 3.60. The van der Waals surface area contributed by atoms with Crippen LogP contribution in [0.4, 0.5) is 21.9 Å². The van der Waals surface area contributed by atoms with E-state index < -0.39 is 6.09 Å². The number of hydrogen-bond donors (Lipinski definition) is 1. The van der Waals surface area contributed by atoms with Gasteiger partial charge in [0, 0.05) is 36.7 Å². The molecule has 2 atom stereocenters. The lowest BCUT2D eigenvalue weighted by Gasteiger charge is -2.31. The van der Waals surface area contributed by atoms with Gasteiger partial charge in [-0.3, -0.25) is 5.32 Å². The summed E-state index contributed by atoms with van der Waals surface area (Å²) in [5.41, 5.74) is 5.43. The third kappa shape index (κ3) is 4.70. The number of carbonyl (C=O) groups excluding carboxylic acids is 1. The third-order valence-corrected chi connectivity index (χ3v) is 7.16. The number of nitrogens with one attached hydrogen (secondary N) is 1. The number of hydrogen-bond acceptors (Lipinski definition) is 5. The van der Waals surface area contributed by atoms with E-state index in [1.165, 1.54) is 43.5 Å². The normalized spacial score (nSPS) is 21.8. The minimum atomic E-state index is -0.452. The van der Waals surface area contributed by atoms with Gasteiger partial charge in [-0.2, -0.15) is 5.26 Å². The predicted molar refractivity (Wildman–Crippen MR) is 135 cm³/mol. The van der Waals surface area contributed by atoms with Crippen molar-refractivity contribution in [2.45, 2.75) is 64.0 Å². The molecule has 5 rings (SSSR count). The Kier molecular flexibility index (Phi) is 6.36. The van der Waals surface area contributed by atoms with E-state index in [4.69, 9.17) is 4.74 Å². The Morgan fingerprint density at radius 3 is 2.50 bits per heavy atom. The van der Waals surface area contributed by atoms with Crippen LogP contribution in [-0.2, 0) is 4.74 Å². The Balaban J connectivity index is 1.43. The molecule has 0 spiro atoms. The SMILES string of the molecule is CC(C)OC(=O)Nc1ccc(C2C(C#N)c3ccc(N4CCCCC4)cc3N2CC2CC2)cc1. The van der Waals surface area contributed by atoms with Crippen LogP contribution in [0.1, 0.15) is 69.0 Å². The molecule has 2 aromatic carbocycles. The van der Waals surface area contributed by atoms with Crippen LogP contribution in [0.3, 0.4) is 0 Å². The van der Waals surface area contributed by atoms with Crippen molar-refractivity contribution in [2.75, 3.05) is 34.8 Å². The third-order valence-electron chi connectivity index (χ3n) is 7.16. The first-order valence-corrected chi connectivity index (χ1v) is 12.7. The van der Waals surface area contributed by atoms with Crippen LogP contribution in [0.2, 0.25) is 0 Å². The molecule has 1 amide bonds. The van der Waals surface area contributed by atoms with Crippen LogP contribution >= 0.6 is 0 Å². The summed E-state index contributed by atoms with van der Waals surface area (Å²) in [5.74, 6) is 0.493. The topological polar surface area (TPSA) is 68.6 Å². The van der Waals surface area contributed by atoms with Crippen molar-refractivity contribution in [3.63, 3.8) is 0 Å². The molecule has 2 fully saturated rings. The molecule has 178 valence electrons. The van der Waals surface area contributed by atoms with Crippen LogP contribution in [0, 0.1) is 17.2 Å². The van der Waals surface area contributed by atoms with E-state index >= 15 is 0 Å². The Hall–Kier alpha value is -3.20. The van der Waals surface area contributed by atoms with Crippen molar-refractivity contribution >= 4 is 23.2 Å². The van der Waals surface area contributed by atoms with Gasteiger partial charge >= 0.3 is 6.09 Å². The molecule has 0 bridgehead atoms. The molecular weight excluding hydrogens is 424 g/mol. The fraction of sp³-hybridized carbons (Fsp3) is 0.500. The fourth-order valence-corrected chi connectivity index (χ4v) is 5.32. The molecule has 2 aromatic rings. The quantitative estimate of drug-likeness (QED) is 0.557. The Morgan fingerprint density at radius 2 is 1.85 bits per heavy atom. The number of piperidine rings is 1. The van der Waals surface area contributed by atoms with E-state index in [1.807, 2.05) is 38.1 Å². The van der Waals surface area contributed by atoms with Crippen molar-refractivity contribution in [3.05, 3.63) is 53.6 Å². The smallest absolute Gasteiger partial charge is 0.411 e. The summed E-state index contributed by atoms with van der Waals surface area (Å²) in [5, 5.41) is 13.0. The van der Waals surface area contributed by atoms with Crippen molar-refractivity contribution in [2.24, 2.45) is 5.92 Å². The number of ether oxygens (including phenoxy) is 1. The largest absolute Gasteiger partial charge is 0.447 e. The van der Waals surface area contributed by atoms with E-state index in [1.54, 1.807) is 0 Å². The zero-order valence-electron chi connectivity index (χ0n) is 20.2. The molecule has 1 saturated carbocycles. The molecule has 6 nitrogen and oxygen atoms in total. The minimum Gasteiger partial charge on any atom is -0.447 e. The van der Waals surface area contributed by atoms with Gasteiger partial charge < -0.3 is 14.5 Å². The van der Waals surface area contributed by atoms with E-state index in [0.29, 0.717) is 11.6 Å².